The molecule has 0 aliphatic rings. The number of rotatable bonds is 11. The fourth-order valence-electron chi connectivity index (χ4n) is 2.38. The molecule has 7 nitrogen and oxygen atoms in total. The molecular formula is C19H29N3O4S. The SMILES string of the molecule is CC[C@H](C)[C@@H](NC(=O)OCc1ccccc1)C(=O)N[C@@H](CCSC)C(N)=O. The summed E-state index contributed by atoms with van der Waals surface area (Å²) in [5.41, 5.74) is 6.22. The number of ether oxygens (including phenoxy) is 1. The van der Waals surface area contributed by atoms with E-state index in [1.165, 1.54) is 0 Å². The maximum absolute atomic E-state index is 12.6. The highest BCUT2D eigenvalue weighted by Crippen LogP contribution is 2.10. The monoisotopic (exact) mass is 395 g/mol. The molecule has 27 heavy (non-hydrogen) atoms. The van der Waals surface area contributed by atoms with Gasteiger partial charge in [0, 0.05) is 0 Å². The van der Waals surface area contributed by atoms with Crippen LogP contribution in [0, 0.1) is 5.92 Å². The summed E-state index contributed by atoms with van der Waals surface area (Å²) in [7, 11) is 0. The zero-order valence-corrected chi connectivity index (χ0v) is 16.9. The lowest BCUT2D eigenvalue weighted by Gasteiger charge is -2.25. The average molecular weight is 396 g/mol. The van der Waals surface area contributed by atoms with Gasteiger partial charge in [-0.25, -0.2) is 4.79 Å². The van der Waals surface area contributed by atoms with Crippen LogP contribution in [0.5, 0.6) is 0 Å². The highest BCUT2D eigenvalue weighted by Gasteiger charge is 2.29. The minimum atomic E-state index is -0.811. The van der Waals surface area contributed by atoms with Crippen LogP contribution in [0.1, 0.15) is 32.3 Å². The molecule has 4 N–H and O–H groups in total. The minimum Gasteiger partial charge on any atom is -0.445 e. The summed E-state index contributed by atoms with van der Waals surface area (Å²) in [5.74, 6) is -0.477. The summed E-state index contributed by atoms with van der Waals surface area (Å²) in [5, 5.41) is 5.26. The third-order valence-electron chi connectivity index (χ3n) is 4.25. The molecule has 3 atom stereocenters. The Kier molecular flexibility index (Phi) is 10.3. The fraction of sp³-hybridized carbons (Fsp3) is 0.526. The molecule has 0 bridgehead atoms. The first kappa shape index (κ1) is 22.8. The Hall–Kier alpha value is -2.22. The molecule has 0 saturated heterocycles. The summed E-state index contributed by atoms with van der Waals surface area (Å²) in [6, 6.07) is 7.69. The van der Waals surface area contributed by atoms with Gasteiger partial charge in [0.2, 0.25) is 11.8 Å². The van der Waals surface area contributed by atoms with Crippen molar-refractivity contribution in [3.8, 4) is 0 Å². The number of amides is 3. The number of alkyl carbamates (subject to hydrolysis) is 1. The van der Waals surface area contributed by atoms with Crippen molar-refractivity contribution in [2.45, 2.75) is 45.4 Å². The summed E-state index contributed by atoms with van der Waals surface area (Å²) in [6.45, 7) is 3.88. The van der Waals surface area contributed by atoms with Crippen molar-refractivity contribution in [2.24, 2.45) is 11.7 Å². The maximum atomic E-state index is 12.6. The highest BCUT2D eigenvalue weighted by molar-refractivity contribution is 7.98. The maximum Gasteiger partial charge on any atom is 0.408 e. The Morgan fingerprint density at radius 3 is 2.41 bits per heavy atom. The minimum absolute atomic E-state index is 0.110. The van der Waals surface area contributed by atoms with Gasteiger partial charge in [0.25, 0.3) is 0 Å². The van der Waals surface area contributed by atoms with Gasteiger partial charge in [0.15, 0.2) is 0 Å². The van der Waals surface area contributed by atoms with E-state index >= 15 is 0 Å². The Morgan fingerprint density at radius 2 is 1.85 bits per heavy atom. The first-order valence-corrected chi connectivity index (χ1v) is 10.3. The topological polar surface area (TPSA) is 111 Å². The van der Waals surface area contributed by atoms with Crippen LogP contribution in [0.25, 0.3) is 0 Å². The zero-order valence-electron chi connectivity index (χ0n) is 16.1. The number of thioether (sulfide) groups is 1. The Balaban J connectivity index is 2.68. The number of nitrogens with one attached hydrogen (secondary N) is 2. The van der Waals surface area contributed by atoms with Crippen LogP contribution < -0.4 is 16.4 Å². The van der Waals surface area contributed by atoms with Gasteiger partial charge in [0.05, 0.1) is 0 Å². The number of carbonyl (C=O) groups is 3. The molecule has 0 aliphatic heterocycles. The molecule has 1 rings (SSSR count). The Morgan fingerprint density at radius 1 is 1.19 bits per heavy atom. The molecule has 0 aromatic heterocycles. The molecule has 0 spiro atoms. The van der Waals surface area contributed by atoms with E-state index in [1.54, 1.807) is 11.8 Å². The Bertz CT molecular complexity index is 612. The van der Waals surface area contributed by atoms with Crippen molar-refractivity contribution < 1.29 is 19.1 Å². The lowest BCUT2D eigenvalue weighted by Crippen LogP contribution is -2.55. The number of nitrogens with two attached hydrogens (primary N) is 1. The van der Waals surface area contributed by atoms with E-state index in [9.17, 15) is 14.4 Å². The molecule has 0 unspecified atom stereocenters. The summed E-state index contributed by atoms with van der Waals surface area (Å²) >= 11 is 1.56. The first-order chi connectivity index (χ1) is 12.9. The second-order valence-electron chi connectivity index (χ2n) is 6.31. The predicted molar refractivity (Wildman–Crippen MR) is 107 cm³/mol. The normalized spacial score (nSPS) is 13.9. The standard InChI is InChI=1S/C19H29N3O4S/c1-4-13(2)16(18(24)21-15(17(20)23)10-11-27-3)22-19(25)26-12-14-8-6-5-7-9-14/h5-9,13,15-16H,4,10-12H2,1-3H3,(H2,20,23)(H,21,24)(H,22,25)/t13-,15-,16+/m0/s1. The van der Waals surface area contributed by atoms with Crippen LogP contribution >= 0.6 is 11.8 Å². The van der Waals surface area contributed by atoms with Crippen molar-refractivity contribution in [3.05, 3.63) is 35.9 Å². The fourth-order valence-corrected chi connectivity index (χ4v) is 2.85. The quantitative estimate of drug-likeness (QED) is 0.531. The van der Waals surface area contributed by atoms with Crippen molar-refractivity contribution in [1.82, 2.24) is 10.6 Å². The molecule has 0 aliphatic carbocycles. The van der Waals surface area contributed by atoms with E-state index in [0.29, 0.717) is 18.6 Å². The number of hydrogen-bond acceptors (Lipinski definition) is 5. The largest absolute Gasteiger partial charge is 0.445 e. The van der Waals surface area contributed by atoms with Crippen LogP contribution in [0.2, 0.25) is 0 Å². The number of hydrogen-bond donors (Lipinski definition) is 3. The van der Waals surface area contributed by atoms with E-state index in [1.807, 2.05) is 50.4 Å². The number of benzene rings is 1. The second kappa shape index (κ2) is 12.2. The van der Waals surface area contributed by atoms with E-state index < -0.39 is 30.0 Å². The van der Waals surface area contributed by atoms with Crippen LogP contribution in [0.4, 0.5) is 4.79 Å². The van der Waals surface area contributed by atoms with E-state index in [2.05, 4.69) is 10.6 Å². The smallest absolute Gasteiger partial charge is 0.408 e. The predicted octanol–water partition coefficient (Wildman–Crippen LogP) is 2.05. The van der Waals surface area contributed by atoms with Gasteiger partial charge in [-0.05, 0) is 29.9 Å². The molecule has 8 heteroatoms. The van der Waals surface area contributed by atoms with E-state index in [0.717, 1.165) is 5.56 Å². The van der Waals surface area contributed by atoms with Crippen LogP contribution in [-0.4, -0.2) is 42.0 Å². The van der Waals surface area contributed by atoms with Gasteiger partial charge in [-0.15, -0.1) is 0 Å². The molecule has 1 aromatic rings. The first-order valence-electron chi connectivity index (χ1n) is 8.94. The number of primary amides is 1. The lowest BCUT2D eigenvalue weighted by molar-refractivity contribution is -0.129. The van der Waals surface area contributed by atoms with Crippen molar-refractivity contribution in [1.29, 1.82) is 0 Å². The van der Waals surface area contributed by atoms with Gasteiger partial charge in [0.1, 0.15) is 18.7 Å². The lowest BCUT2D eigenvalue weighted by atomic mass is 9.98. The Labute approximate surface area is 164 Å². The molecule has 0 heterocycles. The van der Waals surface area contributed by atoms with Gasteiger partial charge >= 0.3 is 6.09 Å². The van der Waals surface area contributed by atoms with Crippen molar-refractivity contribution in [2.75, 3.05) is 12.0 Å². The molecule has 1 aromatic carbocycles. The third kappa shape index (κ3) is 8.34. The van der Waals surface area contributed by atoms with Gasteiger partial charge in [-0.1, -0.05) is 50.6 Å². The number of carbonyl (C=O) groups excluding carboxylic acids is 3. The van der Waals surface area contributed by atoms with Crippen LogP contribution in [0.3, 0.4) is 0 Å². The second-order valence-corrected chi connectivity index (χ2v) is 7.30. The van der Waals surface area contributed by atoms with Gasteiger partial charge in [-0.2, -0.15) is 11.8 Å². The van der Waals surface area contributed by atoms with Crippen molar-refractivity contribution >= 4 is 29.7 Å². The van der Waals surface area contributed by atoms with Crippen LogP contribution in [0.15, 0.2) is 30.3 Å². The average Bonchev–Trinajstić information content (AvgIpc) is 2.67. The highest BCUT2D eigenvalue weighted by atomic mass is 32.2. The van der Waals surface area contributed by atoms with E-state index in [-0.39, 0.29) is 12.5 Å². The molecule has 0 fully saturated rings. The molecule has 0 radical (unpaired) electrons. The van der Waals surface area contributed by atoms with Crippen molar-refractivity contribution in [3.63, 3.8) is 0 Å². The third-order valence-corrected chi connectivity index (χ3v) is 4.90. The van der Waals surface area contributed by atoms with E-state index in [4.69, 9.17) is 10.5 Å². The summed E-state index contributed by atoms with van der Waals surface area (Å²) in [6.07, 6.45) is 2.34. The zero-order chi connectivity index (χ0) is 20.2. The molecule has 3 amide bonds. The molecular weight excluding hydrogens is 366 g/mol. The summed E-state index contributed by atoms with van der Waals surface area (Å²) in [4.78, 5) is 36.3. The molecule has 0 saturated carbocycles. The van der Waals surface area contributed by atoms with Gasteiger partial charge < -0.3 is 21.1 Å². The summed E-state index contributed by atoms with van der Waals surface area (Å²) < 4.78 is 5.20. The van der Waals surface area contributed by atoms with Gasteiger partial charge in [-0.3, -0.25) is 9.59 Å². The van der Waals surface area contributed by atoms with Crippen LogP contribution in [-0.2, 0) is 20.9 Å². The molecule has 150 valence electrons.